The molecule has 18 heteroatoms. The lowest BCUT2D eigenvalue weighted by Crippen LogP contribution is -2.62. The minimum atomic E-state index is -1.67. The first-order valence-electron chi connectivity index (χ1n) is 24.3. The van der Waals surface area contributed by atoms with Crippen LogP contribution in [0.1, 0.15) is 108 Å². The molecule has 0 spiro atoms. The molecule has 7 rings (SSSR count). The molecule has 68 heavy (non-hydrogen) atoms. The molecule has 376 valence electrons. The molecular formula is C50H71N3O15. The van der Waals surface area contributed by atoms with Crippen LogP contribution in [0.3, 0.4) is 0 Å². The molecule has 2 saturated heterocycles. The number of anilines is 1. The van der Waals surface area contributed by atoms with Crippen molar-refractivity contribution in [1.29, 1.82) is 0 Å². The molecule has 3 aliphatic carbocycles. The maximum atomic E-state index is 13.2. The lowest BCUT2D eigenvalue weighted by Gasteiger charge is -2.46. The number of hydrogen-bond donors (Lipinski definition) is 6. The third-order valence-electron chi connectivity index (χ3n) is 15.1. The van der Waals surface area contributed by atoms with Crippen LogP contribution in [0, 0.1) is 29.1 Å². The van der Waals surface area contributed by atoms with E-state index in [9.17, 15) is 44.4 Å². The largest absolute Gasteiger partial charge is 0.465 e. The number of hydrogen-bond acceptors (Lipinski definition) is 16. The second-order valence-electron chi connectivity index (χ2n) is 19.8. The SMILES string of the molecule is COC[C@H]1CC[C@@H]2/C1=C\[C@]1(C)C(=C([C@H](C)COC(C)=O)C[C@@H]1O)[C@@H](OC1OC(COCCCCCCNc3cccc4c3CN(C3CCC(=O)NC3=O)C4=O)C(O)C(OC(C)=O)C1O)[C@H](O)[C@@H]2C. The zero-order valence-corrected chi connectivity index (χ0v) is 40.1. The zero-order valence-electron chi connectivity index (χ0n) is 40.1. The normalized spacial score (nSPS) is 34.8. The third-order valence-corrected chi connectivity index (χ3v) is 15.1. The molecule has 0 bridgehead atoms. The average Bonchev–Trinajstić information content (AvgIpc) is 3.93. The fourth-order valence-electron chi connectivity index (χ4n) is 11.4. The van der Waals surface area contributed by atoms with Crippen molar-refractivity contribution >= 4 is 35.3 Å². The van der Waals surface area contributed by atoms with E-state index in [-0.39, 0.29) is 68.1 Å². The first-order valence-corrected chi connectivity index (χ1v) is 24.3. The Bertz CT molecular complexity index is 2090. The third kappa shape index (κ3) is 10.9. The van der Waals surface area contributed by atoms with Crippen molar-refractivity contribution in [1.82, 2.24) is 10.2 Å². The summed E-state index contributed by atoms with van der Waals surface area (Å²) in [4.78, 5) is 63.2. The summed E-state index contributed by atoms with van der Waals surface area (Å²) in [7, 11) is 1.66. The predicted molar refractivity (Wildman–Crippen MR) is 244 cm³/mol. The van der Waals surface area contributed by atoms with Crippen LogP contribution in [0.4, 0.5) is 5.69 Å². The van der Waals surface area contributed by atoms with Crippen LogP contribution >= 0.6 is 0 Å². The van der Waals surface area contributed by atoms with Gasteiger partial charge in [0.05, 0.1) is 32.0 Å². The molecule has 6 aliphatic rings. The highest BCUT2D eigenvalue weighted by atomic mass is 16.7. The maximum absolute atomic E-state index is 13.2. The van der Waals surface area contributed by atoms with Gasteiger partial charge in [0.15, 0.2) is 12.4 Å². The number of piperidine rings is 1. The summed E-state index contributed by atoms with van der Waals surface area (Å²) in [5.41, 5.74) is 3.64. The second-order valence-corrected chi connectivity index (χ2v) is 19.8. The monoisotopic (exact) mass is 953 g/mol. The van der Waals surface area contributed by atoms with E-state index in [1.54, 1.807) is 13.2 Å². The fourth-order valence-corrected chi connectivity index (χ4v) is 11.4. The molecule has 6 unspecified atom stereocenters. The summed E-state index contributed by atoms with van der Waals surface area (Å²) >= 11 is 0. The molecular weight excluding hydrogens is 883 g/mol. The second kappa shape index (κ2) is 22.2. The number of unbranched alkanes of at least 4 members (excludes halogenated alkanes) is 3. The number of benzene rings is 1. The van der Waals surface area contributed by atoms with Crippen molar-refractivity contribution in [3.63, 3.8) is 0 Å². The topological polar surface area (TPSA) is 249 Å². The summed E-state index contributed by atoms with van der Waals surface area (Å²) < 4.78 is 35.5. The number of ether oxygens (including phenoxy) is 6. The number of carbonyl (C=O) groups excluding carboxylic acids is 5. The Kier molecular flexibility index (Phi) is 16.9. The minimum Gasteiger partial charge on any atom is -0.465 e. The number of methoxy groups -OCH3 is 1. The summed E-state index contributed by atoms with van der Waals surface area (Å²) in [5.74, 6) is -2.86. The van der Waals surface area contributed by atoms with Gasteiger partial charge in [-0.15, -0.1) is 0 Å². The van der Waals surface area contributed by atoms with E-state index in [4.69, 9.17) is 28.4 Å². The summed E-state index contributed by atoms with van der Waals surface area (Å²) in [6, 6.07) is 4.79. The van der Waals surface area contributed by atoms with Crippen molar-refractivity contribution in [2.24, 2.45) is 29.1 Å². The van der Waals surface area contributed by atoms with Crippen molar-refractivity contribution < 1.29 is 72.8 Å². The molecule has 6 N–H and O–H groups in total. The van der Waals surface area contributed by atoms with Crippen LogP contribution in [0.25, 0.3) is 0 Å². The Balaban J connectivity index is 0.981. The molecule has 0 aromatic heterocycles. The number of nitrogens with zero attached hydrogens (tertiary/aromatic N) is 1. The van der Waals surface area contributed by atoms with Crippen molar-refractivity contribution in [3.05, 3.63) is 52.1 Å². The van der Waals surface area contributed by atoms with Gasteiger partial charge in [-0.1, -0.05) is 50.0 Å². The van der Waals surface area contributed by atoms with E-state index in [0.29, 0.717) is 43.7 Å². The van der Waals surface area contributed by atoms with Gasteiger partial charge in [-0.05, 0) is 75.0 Å². The Hall–Kier alpha value is -4.27. The highest BCUT2D eigenvalue weighted by Gasteiger charge is 2.56. The van der Waals surface area contributed by atoms with E-state index in [2.05, 4.69) is 16.7 Å². The van der Waals surface area contributed by atoms with Crippen LogP contribution < -0.4 is 10.6 Å². The molecule has 3 aliphatic heterocycles. The number of aliphatic hydroxyl groups excluding tert-OH is 4. The molecule has 14 atom stereocenters. The predicted octanol–water partition coefficient (Wildman–Crippen LogP) is 3.08. The van der Waals surface area contributed by atoms with Gasteiger partial charge in [0, 0.05) is 81.1 Å². The lowest BCUT2D eigenvalue weighted by atomic mass is 9.68. The van der Waals surface area contributed by atoms with Gasteiger partial charge < -0.3 is 59.1 Å². The number of imide groups is 1. The first kappa shape index (κ1) is 51.6. The van der Waals surface area contributed by atoms with Gasteiger partial charge >= 0.3 is 11.9 Å². The number of fused-ring (bicyclic) bond motifs is 3. The molecule has 1 aromatic carbocycles. The molecule has 18 nitrogen and oxygen atoms in total. The molecule has 3 fully saturated rings. The Morgan fingerprint density at radius 3 is 2.47 bits per heavy atom. The highest BCUT2D eigenvalue weighted by molar-refractivity contribution is 6.06. The summed E-state index contributed by atoms with van der Waals surface area (Å²) in [5, 5.41) is 53.3. The van der Waals surface area contributed by atoms with Gasteiger partial charge in [0.1, 0.15) is 30.5 Å². The average molecular weight is 954 g/mol. The number of aliphatic hydroxyl groups is 4. The summed E-state index contributed by atoms with van der Waals surface area (Å²) in [6.07, 6.45) is -2.76. The fraction of sp³-hybridized carbons (Fsp3) is 0.700. The van der Waals surface area contributed by atoms with E-state index >= 15 is 0 Å². The van der Waals surface area contributed by atoms with Gasteiger partial charge in [0.25, 0.3) is 5.91 Å². The standard InChI is InChI=1S/C50H71N3O15/c1-26(23-65-28(3)54)33-20-39(56)50(5)21-34-30(24-63-6)14-15-31(34)27(2)42(58)45(41(33)50)68-49-44(60)46(66-29(4)55)43(59)38(67-49)25-64-19-10-8-7-9-18-51-36-13-11-12-32-35(36)22-53(48(32)62)37-16-17-40(57)52-47(37)61/h11-13,21,26-27,30-31,37-39,42-46,49,51,56,58-60H,7-10,14-20,22-25H2,1-6H3,(H,52,57,61)/b34-21-/t26-,27-,30-,31+,37?,38?,39+,42-,43?,44?,45-,46?,49?,50+/m1/s1. The molecule has 3 heterocycles. The Morgan fingerprint density at radius 2 is 1.75 bits per heavy atom. The smallest absolute Gasteiger partial charge is 0.303 e. The van der Waals surface area contributed by atoms with Crippen LogP contribution in [0.5, 0.6) is 0 Å². The van der Waals surface area contributed by atoms with Crippen LogP contribution in [-0.2, 0) is 54.1 Å². The number of nitrogens with one attached hydrogen (secondary N) is 2. The van der Waals surface area contributed by atoms with E-state index in [1.807, 2.05) is 32.9 Å². The van der Waals surface area contributed by atoms with Crippen LogP contribution in [0.15, 0.2) is 41.0 Å². The van der Waals surface area contributed by atoms with Gasteiger partial charge in [-0.2, -0.15) is 0 Å². The molecule has 1 saturated carbocycles. The molecule has 1 aromatic rings. The van der Waals surface area contributed by atoms with Crippen molar-refractivity contribution in [2.75, 3.05) is 45.4 Å². The zero-order chi connectivity index (χ0) is 49.0. The van der Waals surface area contributed by atoms with Crippen molar-refractivity contribution in [2.45, 2.75) is 154 Å². The van der Waals surface area contributed by atoms with E-state index in [0.717, 1.165) is 54.5 Å². The summed E-state index contributed by atoms with van der Waals surface area (Å²) in [6.45, 7) is 9.92. The lowest BCUT2D eigenvalue weighted by molar-refractivity contribution is -0.318. The Morgan fingerprint density at radius 1 is 0.985 bits per heavy atom. The van der Waals surface area contributed by atoms with E-state index in [1.165, 1.54) is 18.7 Å². The molecule has 0 radical (unpaired) electrons. The molecule has 3 amide bonds. The number of rotatable bonds is 19. The van der Waals surface area contributed by atoms with Crippen LogP contribution in [0.2, 0.25) is 0 Å². The van der Waals surface area contributed by atoms with E-state index < -0.39 is 78.3 Å². The van der Waals surface area contributed by atoms with Gasteiger partial charge in [0.2, 0.25) is 11.8 Å². The number of amides is 3. The van der Waals surface area contributed by atoms with Crippen LogP contribution in [-0.4, -0.2) is 150 Å². The quantitative estimate of drug-likeness (QED) is 0.0505. The highest BCUT2D eigenvalue weighted by Crippen LogP contribution is 2.56. The number of carbonyl (C=O) groups is 5. The van der Waals surface area contributed by atoms with Gasteiger partial charge in [-0.25, -0.2) is 0 Å². The minimum absolute atomic E-state index is 0.0352. The van der Waals surface area contributed by atoms with Crippen molar-refractivity contribution in [3.8, 4) is 0 Å². The first-order chi connectivity index (χ1) is 32.4. The Labute approximate surface area is 398 Å². The van der Waals surface area contributed by atoms with Gasteiger partial charge in [-0.3, -0.25) is 29.3 Å². The maximum Gasteiger partial charge on any atom is 0.303 e. The number of esters is 2.